The Hall–Kier alpha value is -0.120. The summed E-state index contributed by atoms with van der Waals surface area (Å²) in [4.78, 5) is 2.36. The molecule has 1 atom stereocenters. The van der Waals surface area contributed by atoms with Crippen LogP contribution >= 0.6 is 0 Å². The highest BCUT2D eigenvalue weighted by Crippen LogP contribution is 2.20. The summed E-state index contributed by atoms with van der Waals surface area (Å²) >= 11 is 0. The summed E-state index contributed by atoms with van der Waals surface area (Å²) < 4.78 is 0. The fourth-order valence-corrected chi connectivity index (χ4v) is 2.72. The molecule has 1 aliphatic rings. The molecule has 0 spiro atoms. The van der Waals surface area contributed by atoms with Gasteiger partial charge in [0, 0.05) is 24.7 Å². The number of rotatable bonds is 7. The van der Waals surface area contributed by atoms with Gasteiger partial charge in [0.05, 0.1) is 0 Å². The van der Waals surface area contributed by atoms with Crippen molar-refractivity contribution >= 4 is 0 Å². The first kappa shape index (κ1) is 13.9. The Morgan fingerprint density at radius 1 is 1.25 bits per heavy atom. The summed E-state index contributed by atoms with van der Waals surface area (Å²) in [5.74, 6) is 0.802. The van der Waals surface area contributed by atoms with E-state index in [1.165, 1.54) is 12.8 Å². The van der Waals surface area contributed by atoms with E-state index < -0.39 is 0 Å². The van der Waals surface area contributed by atoms with Crippen LogP contribution in [0.4, 0.5) is 0 Å². The quantitative estimate of drug-likeness (QED) is 0.691. The molecule has 0 saturated heterocycles. The average molecular weight is 227 g/mol. The van der Waals surface area contributed by atoms with Gasteiger partial charge in [-0.1, -0.05) is 26.7 Å². The van der Waals surface area contributed by atoms with Gasteiger partial charge >= 0.3 is 0 Å². The monoisotopic (exact) mass is 227 g/mol. The van der Waals surface area contributed by atoms with E-state index in [1.54, 1.807) is 0 Å². The first-order valence-corrected chi connectivity index (χ1v) is 6.73. The molecule has 0 aliphatic heterocycles. The molecule has 16 heavy (non-hydrogen) atoms. The summed E-state index contributed by atoms with van der Waals surface area (Å²) in [6.45, 7) is 5.70. The topological polar surface area (TPSA) is 41.3 Å². The van der Waals surface area contributed by atoms with E-state index in [0.717, 1.165) is 25.3 Å². The summed E-state index contributed by atoms with van der Waals surface area (Å²) in [6, 6.07) is 1.78. The lowest BCUT2D eigenvalue weighted by Gasteiger charge is -2.37. The van der Waals surface area contributed by atoms with Crippen molar-refractivity contribution in [3.05, 3.63) is 0 Å². The standard InChI is InChI=1S/C13H29N3/c1-5-10(6-2)13(16(3)4)9-15-12-7-11(14)8-12/h10-13,15H,5-9,14H2,1-4H3. The van der Waals surface area contributed by atoms with Gasteiger partial charge in [0.2, 0.25) is 0 Å². The van der Waals surface area contributed by atoms with Crippen LogP contribution in [0.2, 0.25) is 0 Å². The summed E-state index contributed by atoms with van der Waals surface area (Å²) in [7, 11) is 4.38. The molecule has 96 valence electrons. The smallest absolute Gasteiger partial charge is 0.0242 e. The van der Waals surface area contributed by atoms with Crippen molar-refractivity contribution in [1.29, 1.82) is 0 Å². The minimum Gasteiger partial charge on any atom is -0.328 e. The van der Waals surface area contributed by atoms with Crippen molar-refractivity contribution in [2.24, 2.45) is 11.7 Å². The molecule has 1 unspecified atom stereocenters. The van der Waals surface area contributed by atoms with Crippen molar-refractivity contribution < 1.29 is 0 Å². The zero-order valence-corrected chi connectivity index (χ0v) is 11.4. The molecule has 0 heterocycles. The largest absolute Gasteiger partial charge is 0.328 e. The lowest BCUT2D eigenvalue weighted by Crippen LogP contribution is -2.53. The predicted octanol–water partition coefficient (Wildman–Crippen LogP) is 1.43. The maximum absolute atomic E-state index is 5.80. The first-order valence-electron chi connectivity index (χ1n) is 6.73. The van der Waals surface area contributed by atoms with E-state index in [1.807, 2.05) is 0 Å². The van der Waals surface area contributed by atoms with Gasteiger partial charge in [0.25, 0.3) is 0 Å². The molecule has 0 amide bonds. The predicted molar refractivity (Wildman–Crippen MR) is 70.5 cm³/mol. The molecule has 3 nitrogen and oxygen atoms in total. The lowest BCUT2D eigenvalue weighted by atomic mass is 9.86. The van der Waals surface area contributed by atoms with Crippen LogP contribution in [0.1, 0.15) is 39.5 Å². The highest BCUT2D eigenvalue weighted by molar-refractivity contribution is 4.89. The molecule has 1 rings (SSSR count). The molecule has 1 fully saturated rings. The average Bonchev–Trinajstić information content (AvgIpc) is 2.20. The Morgan fingerprint density at radius 2 is 1.81 bits per heavy atom. The molecule has 0 radical (unpaired) electrons. The van der Waals surface area contributed by atoms with Gasteiger partial charge < -0.3 is 16.0 Å². The minimum atomic E-state index is 0.448. The van der Waals surface area contributed by atoms with Crippen molar-refractivity contribution in [1.82, 2.24) is 10.2 Å². The van der Waals surface area contributed by atoms with Gasteiger partial charge in [-0.3, -0.25) is 0 Å². The molecule has 1 aliphatic carbocycles. The second-order valence-corrected chi connectivity index (χ2v) is 5.44. The lowest BCUT2D eigenvalue weighted by molar-refractivity contribution is 0.175. The van der Waals surface area contributed by atoms with E-state index >= 15 is 0 Å². The molecule has 0 bridgehead atoms. The van der Waals surface area contributed by atoms with Crippen LogP contribution in [0.25, 0.3) is 0 Å². The molecule has 3 heteroatoms. The van der Waals surface area contributed by atoms with Gasteiger partial charge in [-0.15, -0.1) is 0 Å². The highest BCUT2D eigenvalue weighted by Gasteiger charge is 2.27. The first-order chi connectivity index (χ1) is 7.58. The molecule has 0 aromatic heterocycles. The Bertz CT molecular complexity index is 184. The summed E-state index contributed by atoms with van der Waals surface area (Å²) in [5, 5.41) is 3.66. The van der Waals surface area contributed by atoms with Crippen molar-refractivity contribution in [3.8, 4) is 0 Å². The number of likely N-dealkylation sites (N-methyl/N-ethyl adjacent to an activating group) is 1. The number of hydrogen-bond acceptors (Lipinski definition) is 3. The molecular weight excluding hydrogens is 198 g/mol. The van der Waals surface area contributed by atoms with Gasteiger partial charge in [0.15, 0.2) is 0 Å². The molecule has 3 N–H and O–H groups in total. The van der Waals surface area contributed by atoms with E-state index in [0.29, 0.717) is 18.1 Å². The maximum atomic E-state index is 5.80. The Kier molecular flexibility index (Phi) is 5.73. The van der Waals surface area contributed by atoms with Crippen LogP contribution in [0.5, 0.6) is 0 Å². The van der Waals surface area contributed by atoms with Crippen LogP contribution in [0.3, 0.4) is 0 Å². The molecular formula is C13H29N3. The molecule has 0 aromatic rings. The number of hydrogen-bond donors (Lipinski definition) is 2. The van der Waals surface area contributed by atoms with Crippen molar-refractivity contribution in [2.75, 3.05) is 20.6 Å². The van der Waals surface area contributed by atoms with Gasteiger partial charge in [0.1, 0.15) is 0 Å². The van der Waals surface area contributed by atoms with Gasteiger partial charge in [-0.05, 0) is 32.9 Å². The van der Waals surface area contributed by atoms with Gasteiger partial charge in [-0.25, -0.2) is 0 Å². The van der Waals surface area contributed by atoms with Gasteiger partial charge in [-0.2, -0.15) is 0 Å². The SMILES string of the molecule is CCC(CC)C(CNC1CC(N)C1)N(C)C. The number of nitrogens with zero attached hydrogens (tertiary/aromatic N) is 1. The third kappa shape index (κ3) is 3.72. The van der Waals surface area contributed by atoms with E-state index in [9.17, 15) is 0 Å². The zero-order valence-electron chi connectivity index (χ0n) is 11.4. The highest BCUT2D eigenvalue weighted by atomic mass is 15.1. The Labute approximate surface area is 101 Å². The van der Waals surface area contributed by atoms with Crippen molar-refractivity contribution in [2.45, 2.75) is 57.7 Å². The fourth-order valence-electron chi connectivity index (χ4n) is 2.72. The Balaban J connectivity index is 2.32. The molecule has 1 saturated carbocycles. The van der Waals surface area contributed by atoms with Crippen LogP contribution in [0.15, 0.2) is 0 Å². The third-order valence-corrected chi connectivity index (χ3v) is 4.05. The fraction of sp³-hybridized carbons (Fsp3) is 1.00. The summed E-state index contributed by atoms with van der Waals surface area (Å²) in [6.07, 6.45) is 4.85. The normalized spacial score (nSPS) is 27.2. The van der Waals surface area contributed by atoms with Crippen molar-refractivity contribution in [3.63, 3.8) is 0 Å². The molecule has 0 aromatic carbocycles. The summed E-state index contributed by atoms with van der Waals surface area (Å²) in [5.41, 5.74) is 5.80. The van der Waals surface area contributed by atoms with E-state index in [-0.39, 0.29) is 0 Å². The zero-order chi connectivity index (χ0) is 12.1. The van der Waals surface area contributed by atoms with E-state index in [4.69, 9.17) is 5.73 Å². The second kappa shape index (κ2) is 6.58. The van der Waals surface area contributed by atoms with Crippen LogP contribution < -0.4 is 11.1 Å². The van der Waals surface area contributed by atoms with Crippen LogP contribution in [0, 0.1) is 5.92 Å². The maximum Gasteiger partial charge on any atom is 0.0242 e. The minimum absolute atomic E-state index is 0.448. The second-order valence-electron chi connectivity index (χ2n) is 5.44. The van der Waals surface area contributed by atoms with Crippen LogP contribution in [-0.2, 0) is 0 Å². The van der Waals surface area contributed by atoms with E-state index in [2.05, 4.69) is 38.2 Å². The Morgan fingerprint density at radius 3 is 2.19 bits per heavy atom. The third-order valence-electron chi connectivity index (χ3n) is 4.05. The number of nitrogens with two attached hydrogens (primary N) is 1. The number of nitrogens with one attached hydrogen (secondary N) is 1. The van der Waals surface area contributed by atoms with Crippen LogP contribution in [-0.4, -0.2) is 43.7 Å².